The van der Waals surface area contributed by atoms with Crippen molar-refractivity contribution in [2.45, 2.75) is 0 Å². The van der Waals surface area contributed by atoms with Crippen LogP contribution in [0, 0.1) is 0 Å². The van der Waals surface area contributed by atoms with E-state index in [4.69, 9.17) is 4.74 Å². The molecule has 0 fully saturated rings. The van der Waals surface area contributed by atoms with Crippen LogP contribution in [0.4, 0.5) is 0 Å². The van der Waals surface area contributed by atoms with Gasteiger partial charge in [0.05, 0.1) is 7.11 Å². The summed E-state index contributed by atoms with van der Waals surface area (Å²) in [5, 5.41) is 0.947. The topological polar surface area (TPSA) is 44.1 Å². The first-order chi connectivity index (χ1) is 9.70. The fourth-order valence-electron chi connectivity index (χ4n) is 2.31. The summed E-state index contributed by atoms with van der Waals surface area (Å²) in [5.41, 5.74) is 2.42. The summed E-state index contributed by atoms with van der Waals surface area (Å²) >= 11 is 0. The van der Waals surface area contributed by atoms with E-state index in [9.17, 15) is 4.79 Å². The SMILES string of the molecule is COc1cccc(-c2cc(=O)n(C)c3ncccc23)c1. The third-order valence-electron chi connectivity index (χ3n) is 3.37. The van der Waals surface area contributed by atoms with E-state index in [-0.39, 0.29) is 5.56 Å². The molecule has 0 aliphatic rings. The van der Waals surface area contributed by atoms with E-state index in [1.807, 2.05) is 36.4 Å². The normalized spacial score (nSPS) is 10.7. The molecule has 0 amide bonds. The molecule has 0 saturated carbocycles. The van der Waals surface area contributed by atoms with Gasteiger partial charge >= 0.3 is 0 Å². The second-order valence-electron chi connectivity index (χ2n) is 4.56. The van der Waals surface area contributed by atoms with Gasteiger partial charge in [-0.2, -0.15) is 0 Å². The molecule has 0 radical (unpaired) electrons. The van der Waals surface area contributed by atoms with Gasteiger partial charge < -0.3 is 4.74 Å². The summed E-state index contributed by atoms with van der Waals surface area (Å²) in [6, 6.07) is 13.1. The average Bonchev–Trinajstić information content (AvgIpc) is 2.51. The zero-order valence-electron chi connectivity index (χ0n) is 11.3. The molecule has 4 nitrogen and oxygen atoms in total. The zero-order valence-corrected chi connectivity index (χ0v) is 11.3. The van der Waals surface area contributed by atoms with E-state index in [1.54, 1.807) is 31.0 Å². The molecule has 0 unspecified atom stereocenters. The Labute approximate surface area is 116 Å². The Morgan fingerprint density at radius 1 is 1.15 bits per heavy atom. The van der Waals surface area contributed by atoms with Crippen LogP contribution < -0.4 is 10.3 Å². The van der Waals surface area contributed by atoms with Crippen LogP contribution in [-0.4, -0.2) is 16.7 Å². The van der Waals surface area contributed by atoms with E-state index in [0.717, 1.165) is 22.3 Å². The van der Waals surface area contributed by atoms with Gasteiger partial charge in [0.15, 0.2) is 0 Å². The molecule has 100 valence electrons. The number of aromatic nitrogens is 2. The van der Waals surface area contributed by atoms with Crippen molar-refractivity contribution in [3.05, 3.63) is 59.0 Å². The lowest BCUT2D eigenvalue weighted by atomic mass is 10.0. The molecular formula is C16H14N2O2. The lowest BCUT2D eigenvalue weighted by Crippen LogP contribution is -2.17. The summed E-state index contributed by atoms with van der Waals surface area (Å²) in [5.74, 6) is 0.764. The summed E-state index contributed by atoms with van der Waals surface area (Å²) in [7, 11) is 3.36. The van der Waals surface area contributed by atoms with E-state index in [0.29, 0.717) is 5.65 Å². The molecule has 4 heteroatoms. The smallest absolute Gasteiger partial charge is 0.252 e. The van der Waals surface area contributed by atoms with Gasteiger partial charge in [-0.1, -0.05) is 12.1 Å². The average molecular weight is 266 g/mol. The number of nitrogens with zero attached hydrogens (tertiary/aromatic N) is 2. The van der Waals surface area contributed by atoms with Crippen molar-refractivity contribution < 1.29 is 4.74 Å². The van der Waals surface area contributed by atoms with Crippen LogP contribution in [0.15, 0.2) is 53.5 Å². The maximum atomic E-state index is 12.1. The highest BCUT2D eigenvalue weighted by atomic mass is 16.5. The predicted molar refractivity (Wildman–Crippen MR) is 79.0 cm³/mol. The number of rotatable bonds is 2. The highest BCUT2D eigenvalue weighted by Gasteiger charge is 2.09. The van der Waals surface area contributed by atoms with E-state index in [2.05, 4.69) is 4.98 Å². The number of pyridine rings is 2. The van der Waals surface area contributed by atoms with Gasteiger partial charge in [0.1, 0.15) is 11.4 Å². The van der Waals surface area contributed by atoms with Gasteiger partial charge in [-0.05, 0) is 35.4 Å². The van der Waals surface area contributed by atoms with Crippen molar-refractivity contribution in [2.75, 3.05) is 7.11 Å². The second kappa shape index (κ2) is 4.81. The molecular weight excluding hydrogens is 252 g/mol. The lowest BCUT2D eigenvalue weighted by Gasteiger charge is -2.10. The van der Waals surface area contributed by atoms with Crippen molar-refractivity contribution in [3.8, 4) is 16.9 Å². The van der Waals surface area contributed by atoms with Crippen molar-refractivity contribution in [3.63, 3.8) is 0 Å². The van der Waals surface area contributed by atoms with Crippen LogP contribution in [0.2, 0.25) is 0 Å². The fourth-order valence-corrected chi connectivity index (χ4v) is 2.31. The van der Waals surface area contributed by atoms with Gasteiger partial charge in [-0.3, -0.25) is 9.36 Å². The number of ether oxygens (including phenoxy) is 1. The first-order valence-corrected chi connectivity index (χ1v) is 6.30. The summed E-state index contributed by atoms with van der Waals surface area (Å²) in [6.07, 6.45) is 1.69. The number of hydrogen-bond donors (Lipinski definition) is 0. The maximum absolute atomic E-state index is 12.1. The number of aryl methyl sites for hydroxylation is 1. The van der Waals surface area contributed by atoms with Crippen molar-refractivity contribution in [1.82, 2.24) is 9.55 Å². The minimum Gasteiger partial charge on any atom is -0.497 e. The molecule has 0 aliphatic carbocycles. The van der Waals surface area contributed by atoms with E-state index in [1.165, 1.54) is 0 Å². The summed E-state index contributed by atoms with van der Waals surface area (Å²) in [6.45, 7) is 0. The highest BCUT2D eigenvalue weighted by molar-refractivity contribution is 5.92. The van der Waals surface area contributed by atoms with Crippen LogP contribution in [-0.2, 0) is 7.05 Å². The van der Waals surface area contributed by atoms with Crippen LogP contribution in [0.3, 0.4) is 0 Å². The van der Waals surface area contributed by atoms with Crippen LogP contribution >= 0.6 is 0 Å². The quantitative estimate of drug-likeness (QED) is 0.716. The maximum Gasteiger partial charge on any atom is 0.252 e. The fraction of sp³-hybridized carbons (Fsp3) is 0.125. The van der Waals surface area contributed by atoms with Crippen molar-refractivity contribution >= 4 is 11.0 Å². The van der Waals surface area contributed by atoms with Gasteiger partial charge in [0, 0.05) is 24.7 Å². The molecule has 0 spiro atoms. The summed E-state index contributed by atoms with van der Waals surface area (Å²) in [4.78, 5) is 16.4. The predicted octanol–water partition coefficient (Wildman–Crippen LogP) is 2.61. The molecule has 0 N–H and O–H groups in total. The standard InChI is InChI=1S/C16H14N2O2/c1-18-15(19)10-14(13-7-4-8-17-16(13)18)11-5-3-6-12(9-11)20-2/h3-10H,1-2H3. The lowest BCUT2D eigenvalue weighted by molar-refractivity contribution is 0.415. The molecule has 0 bridgehead atoms. The molecule has 1 aromatic carbocycles. The van der Waals surface area contributed by atoms with Gasteiger partial charge in [-0.25, -0.2) is 4.98 Å². The number of hydrogen-bond acceptors (Lipinski definition) is 3. The second-order valence-corrected chi connectivity index (χ2v) is 4.56. The van der Waals surface area contributed by atoms with Gasteiger partial charge in [0.2, 0.25) is 0 Å². The Morgan fingerprint density at radius 3 is 2.80 bits per heavy atom. The van der Waals surface area contributed by atoms with Crippen LogP contribution in [0.1, 0.15) is 0 Å². The Bertz CT molecular complexity index is 837. The van der Waals surface area contributed by atoms with E-state index >= 15 is 0 Å². The molecule has 20 heavy (non-hydrogen) atoms. The number of benzene rings is 1. The molecule has 3 aromatic rings. The molecule has 2 aromatic heterocycles. The third kappa shape index (κ3) is 1.95. The first kappa shape index (κ1) is 12.4. The Balaban J connectivity index is 2.36. The monoisotopic (exact) mass is 266 g/mol. The molecule has 3 rings (SSSR count). The zero-order chi connectivity index (χ0) is 14.1. The first-order valence-electron chi connectivity index (χ1n) is 6.30. The van der Waals surface area contributed by atoms with Gasteiger partial charge in [-0.15, -0.1) is 0 Å². The number of fused-ring (bicyclic) bond motifs is 1. The Hall–Kier alpha value is -2.62. The Kier molecular flexibility index (Phi) is 2.99. The van der Waals surface area contributed by atoms with Crippen LogP contribution in [0.25, 0.3) is 22.2 Å². The van der Waals surface area contributed by atoms with Crippen LogP contribution in [0.5, 0.6) is 5.75 Å². The minimum absolute atomic E-state index is 0.0750. The highest BCUT2D eigenvalue weighted by Crippen LogP contribution is 2.28. The minimum atomic E-state index is -0.0750. The molecule has 0 atom stereocenters. The summed E-state index contributed by atoms with van der Waals surface area (Å²) < 4.78 is 6.80. The number of methoxy groups -OCH3 is 1. The van der Waals surface area contributed by atoms with Gasteiger partial charge in [0.25, 0.3) is 5.56 Å². The van der Waals surface area contributed by atoms with Crippen molar-refractivity contribution in [1.29, 1.82) is 0 Å². The van der Waals surface area contributed by atoms with Crippen molar-refractivity contribution in [2.24, 2.45) is 7.05 Å². The van der Waals surface area contributed by atoms with E-state index < -0.39 is 0 Å². The molecule has 2 heterocycles. The Morgan fingerprint density at radius 2 is 2.00 bits per heavy atom. The third-order valence-corrected chi connectivity index (χ3v) is 3.37. The molecule has 0 saturated heterocycles. The largest absolute Gasteiger partial charge is 0.497 e. The molecule has 0 aliphatic heterocycles.